The lowest BCUT2D eigenvalue weighted by Crippen LogP contribution is -2.18. The van der Waals surface area contributed by atoms with Crippen molar-refractivity contribution in [2.24, 2.45) is 7.05 Å². The predicted octanol–water partition coefficient (Wildman–Crippen LogP) is 3.93. The Balaban J connectivity index is 1.82. The molecule has 2 N–H and O–H groups in total. The van der Waals surface area contributed by atoms with Crippen molar-refractivity contribution in [3.63, 3.8) is 0 Å². The lowest BCUT2D eigenvalue weighted by molar-refractivity contribution is -0.118. The van der Waals surface area contributed by atoms with Crippen LogP contribution in [-0.4, -0.2) is 32.4 Å². The van der Waals surface area contributed by atoms with Gasteiger partial charge in [0.1, 0.15) is 29.2 Å². The Labute approximate surface area is 199 Å². The molecule has 1 amide bonds. The van der Waals surface area contributed by atoms with Gasteiger partial charge in [0.2, 0.25) is 0 Å². The summed E-state index contributed by atoms with van der Waals surface area (Å²) in [4.78, 5) is 29.0. The molecule has 0 spiro atoms. The Bertz CT molecular complexity index is 1460. The summed E-state index contributed by atoms with van der Waals surface area (Å²) in [5, 5.41) is 16.3. The number of aliphatic hydroxyl groups is 1. The minimum absolute atomic E-state index is 0.0729. The molecule has 1 aromatic carbocycles. The number of nitrogens with zero attached hydrogens (tertiary/aromatic N) is 3. The van der Waals surface area contributed by atoms with Gasteiger partial charge < -0.3 is 19.6 Å². The first-order chi connectivity index (χ1) is 16.2. The fourth-order valence-corrected chi connectivity index (χ4v) is 3.86. The number of benzene rings is 1. The molecule has 4 rings (SSSR count). The standard InChI is InChI=1S/C24H23ClN4O5/c1-12-7-16(14(3)33-18-5-6-19(25)27-24(18)28-20(31)11-30)23-17(8-12)21(32)13(2)22(34-23)15-9-26-29(4)10-15/h5-10,14,30H,11H2,1-4H3,(H,27,28,31)/t14-/m1/s1. The van der Waals surface area contributed by atoms with Crippen LogP contribution >= 0.6 is 11.6 Å². The summed E-state index contributed by atoms with van der Waals surface area (Å²) in [5.41, 5.74) is 2.95. The molecule has 10 heteroatoms. The number of carbonyl (C=O) groups is 1. The molecule has 0 saturated carbocycles. The molecular weight excluding hydrogens is 460 g/mol. The van der Waals surface area contributed by atoms with Crippen molar-refractivity contribution in [2.45, 2.75) is 26.9 Å². The van der Waals surface area contributed by atoms with E-state index in [0.29, 0.717) is 33.4 Å². The lowest BCUT2D eigenvalue weighted by atomic mass is 10.0. The summed E-state index contributed by atoms with van der Waals surface area (Å²) >= 11 is 5.97. The van der Waals surface area contributed by atoms with Crippen LogP contribution in [0, 0.1) is 13.8 Å². The van der Waals surface area contributed by atoms with Crippen LogP contribution in [0.2, 0.25) is 5.15 Å². The van der Waals surface area contributed by atoms with Gasteiger partial charge in [0.15, 0.2) is 17.0 Å². The van der Waals surface area contributed by atoms with Gasteiger partial charge in [-0.2, -0.15) is 5.10 Å². The summed E-state index contributed by atoms with van der Waals surface area (Å²) in [5.74, 6) is 0.0989. The maximum atomic E-state index is 13.2. The Hall–Kier alpha value is -3.69. The van der Waals surface area contributed by atoms with Gasteiger partial charge in [0, 0.05) is 24.4 Å². The molecule has 9 nitrogen and oxygen atoms in total. The number of anilines is 1. The Morgan fingerprint density at radius 3 is 2.76 bits per heavy atom. The van der Waals surface area contributed by atoms with Crippen molar-refractivity contribution in [2.75, 3.05) is 11.9 Å². The highest BCUT2D eigenvalue weighted by Gasteiger charge is 2.21. The minimum Gasteiger partial charge on any atom is -0.482 e. The monoisotopic (exact) mass is 482 g/mol. The highest BCUT2D eigenvalue weighted by Crippen LogP contribution is 2.34. The molecule has 176 valence electrons. The van der Waals surface area contributed by atoms with E-state index in [1.807, 2.05) is 13.0 Å². The lowest BCUT2D eigenvalue weighted by Gasteiger charge is -2.19. The van der Waals surface area contributed by atoms with Crippen LogP contribution in [0.15, 0.2) is 45.9 Å². The van der Waals surface area contributed by atoms with Crippen molar-refractivity contribution in [1.29, 1.82) is 0 Å². The third-order valence-corrected chi connectivity index (χ3v) is 5.54. The second-order valence-electron chi connectivity index (χ2n) is 7.97. The fourth-order valence-electron chi connectivity index (χ4n) is 3.72. The Kier molecular flexibility index (Phi) is 6.41. The van der Waals surface area contributed by atoms with E-state index >= 15 is 0 Å². The number of ether oxygens (including phenoxy) is 1. The first-order valence-corrected chi connectivity index (χ1v) is 10.9. The molecule has 34 heavy (non-hydrogen) atoms. The average Bonchev–Trinajstić information content (AvgIpc) is 3.23. The first kappa shape index (κ1) is 23.5. The molecular formula is C24H23ClN4O5. The van der Waals surface area contributed by atoms with Gasteiger partial charge in [-0.3, -0.25) is 14.3 Å². The minimum atomic E-state index is -0.715. The molecule has 0 aliphatic rings. The number of nitrogens with one attached hydrogen (secondary N) is 1. The molecule has 0 bridgehead atoms. The fraction of sp³-hybridized carbons (Fsp3) is 0.250. The molecule has 3 heterocycles. The zero-order valence-electron chi connectivity index (χ0n) is 19.0. The molecule has 0 aliphatic heterocycles. The van der Waals surface area contributed by atoms with Crippen molar-refractivity contribution in [3.8, 4) is 17.1 Å². The average molecular weight is 483 g/mol. The molecule has 3 aromatic heterocycles. The van der Waals surface area contributed by atoms with Crippen LogP contribution in [0.25, 0.3) is 22.3 Å². The van der Waals surface area contributed by atoms with E-state index in [1.165, 1.54) is 6.07 Å². The van der Waals surface area contributed by atoms with Crippen molar-refractivity contribution in [3.05, 3.63) is 68.7 Å². The van der Waals surface area contributed by atoms with E-state index in [-0.39, 0.29) is 22.1 Å². The van der Waals surface area contributed by atoms with Gasteiger partial charge in [-0.1, -0.05) is 11.6 Å². The maximum Gasteiger partial charge on any atom is 0.251 e. The van der Waals surface area contributed by atoms with Gasteiger partial charge >= 0.3 is 0 Å². The zero-order chi connectivity index (χ0) is 24.6. The van der Waals surface area contributed by atoms with E-state index in [9.17, 15) is 9.59 Å². The van der Waals surface area contributed by atoms with Crippen LogP contribution in [0.3, 0.4) is 0 Å². The van der Waals surface area contributed by atoms with Gasteiger partial charge in [-0.05, 0) is 50.6 Å². The highest BCUT2D eigenvalue weighted by molar-refractivity contribution is 6.29. The third-order valence-electron chi connectivity index (χ3n) is 5.33. The number of aryl methyl sites for hydroxylation is 2. The second-order valence-corrected chi connectivity index (χ2v) is 8.35. The van der Waals surface area contributed by atoms with Crippen LogP contribution in [0.1, 0.15) is 29.7 Å². The van der Waals surface area contributed by atoms with Crippen LogP contribution < -0.4 is 15.5 Å². The Morgan fingerprint density at radius 2 is 2.09 bits per heavy atom. The van der Waals surface area contributed by atoms with E-state index in [2.05, 4.69) is 15.4 Å². The number of hydrogen-bond acceptors (Lipinski definition) is 7. The summed E-state index contributed by atoms with van der Waals surface area (Å²) in [7, 11) is 1.79. The van der Waals surface area contributed by atoms with Crippen molar-refractivity contribution >= 4 is 34.3 Å². The summed E-state index contributed by atoms with van der Waals surface area (Å²) in [6.45, 7) is 4.69. The van der Waals surface area contributed by atoms with Crippen LogP contribution in [-0.2, 0) is 11.8 Å². The van der Waals surface area contributed by atoms with Gasteiger partial charge in [-0.15, -0.1) is 0 Å². The van der Waals surface area contributed by atoms with E-state index in [4.69, 9.17) is 25.9 Å². The highest BCUT2D eigenvalue weighted by atomic mass is 35.5. The number of aliphatic hydroxyl groups excluding tert-OH is 1. The SMILES string of the molecule is Cc1cc([C@@H](C)Oc2ccc(Cl)nc2NC(=O)CO)c2oc(-c3cnn(C)c3)c(C)c(=O)c2c1. The number of pyridine rings is 1. The molecule has 0 aliphatic carbocycles. The number of halogens is 1. The summed E-state index contributed by atoms with van der Waals surface area (Å²) < 4.78 is 14.0. The maximum absolute atomic E-state index is 13.2. The molecule has 0 fully saturated rings. The molecule has 0 radical (unpaired) electrons. The van der Waals surface area contributed by atoms with E-state index in [1.54, 1.807) is 50.1 Å². The van der Waals surface area contributed by atoms with Gasteiger partial charge in [0.05, 0.1) is 17.1 Å². The normalized spacial score (nSPS) is 12.1. The largest absolute Gasteiger partial charge is 0.482 e. The van der Waals surface area contributed by atoms with Crippen LogP contribution in [0.4, 0.5) is 5.82 Å². The second kappa shape index (κ2) is 9.28. The summed E-state index contributed by atoms with van der Waals surface area (Å²) in [6.07, 6.45) is 2.82. The zero-order valence-corrected chi connectivity index (χ0v) is 19.8. The van der Waals surface area contributed by atoms with E-state index in [0.717, 1.165) is 5.56 Å². The number of carbonyl (C=O) groups excluding carboxylic acids is 1. The number of hydrogen-bond donors (Lipinski definition) is 2. The van der Waals surface area contributed by atoms with Crippen molar-refractivity contribution in [1.82, 2.24) is 14.8 Å². The number of rotatable bonds is 6. The number of amides is 1. The van der Waals surface area contributed by atoms with Gasteiger partial charge in [0.25, 0.3) is 5.91 Å². The summed E-state index contributed by atoms with van der Waals surface area (Å²) in [6, 6.07) is 6.76. The first-order valence-electron chi connectivity index (χ1n) is 10.5. The van der Waals surface area contributed by atoms with Gasteiger partial charge in [-0.25, -0.2) is 4.98 Å². The quantitative estimate of drug-likeness (QED) is 0.399. The number of fused-ring (bicyclic) bond motifs is 1. The van der Waals surface area contributed by atoms with Crippen molar-refractivity contribution < 1.29 is 19.1 Å². The molecule has 0 saturated heterocycles. The third kappa shape index (κ3) is 4.52. The number of aromatic nitrogens is 3. The van der Waals surface area contributed by atoms with E-state index < -0.39 is 18.6 Å². The smallest absolute Gasteiger partial charge is 0.251 e. The predicted molar refractivity (Wildman–Crippen MR) is 128 cm³/mol. The molecule has 0 unspecified atom stereocenters. The Morgan fingerprint density at radius 1 is 1.32 bits per heavy atom. The topological polar surface area (TPSA) is 119 Å². The molecule has 1 atom stereocenters. The van der Waals surface area contributed by atoms with Crippen LogP contribution in [0.5, 0.6) is 5.75 Å². The molecule has 4 aromatic rings.